The number of nitrogens with one attached hydrogen (secondary N) is 2. The Bertz CT molecular complexity index is 777. The van der Waals surface area contributed by atoms with Gasteiger partial charge in [0, 0.05) is 30.4 Å². The van der Waals surface area contributed by atoms with Crippen LogP contribution in [-0.2, 0) is 16.6 Å². The molecule has 1 heterocycles. The van der Waals surface area contributed by atoms with Crippen molar-refractivity contribution in [3.8, 4) is 5.75 Å². The highest BCUT2D eigenvalue weighted by atomic mass is 16.5. The standard InChI is InChI=1S/C19H26N4O3/c1-19(2,3)18(25)21-12-15(24)22-16(17-20-10-11-23(17)4)13-8-6-7-9-14(13)26-5/h6-11,16H,12H2,1-5H3,(H,21,25)(H,22,24)/t16-/m1/s1. The minimum atomic E-state index is -0.554. The number of hydrogen-bond donors (Lipinski definition) is 2. The molecule has 140 valence electrons. The molecule has 0 unspecified atom stereocenters. The van der Waals surface area contributed by atoms with E-state index in [2.05, 4.69) is 15.6 Å². The number of para-hydroxylation sites is 1. The van der Waals surface area contributed by atoms with Gasteiger partial charge in [-0.1, -0.05) is 39.0 Å². The van der Waals surface area contributed by atoms with Gasteiger partial charge in [0.05, 0.1) is 13.7 Å². The van der Waals surface area contributed by atoms with Crippen molar-refractivity contribution in [2.75, 3.05) is 13.7 Å². The molecule has 0 saturated carbocycles. The molecule has 0 aliphatic heterocycles. The lowest BCUT2D eigenvalue weighted by Crippen LogP contribution is -2.43. The number of aryl methyl sites for hydroxylation is 1. The third-order valence-electron chi connectivity index (χ3n) is 3.96. The number of amides is 2. The lowest BCUT2D eigenvalue weighted by atomic mass is 9.96. The summed E-state index contributed by atoms with van der Waals surface area (Å²) in [6.07, 6.45) is 3.48. The number of aromatic nitrogens is 2. The predicted molar refractivity (Wildman–Crippen MR) is 98.7 cm³/mol. The maximum absolute atomic E-state index is 12.5. The first-order valence-electron chi connectivity index (χ1n) is 8.42. The molecule has 2 aromatic rings. The van der Waals surface area contributed by atoms with E-state index in [0.717, 1.165) is 5.56 Å². The highest BCUT2D eigenvalue weighted by Gasteiger charge is 2.25. The van der Waals surface area contributed by atoms with Crippen molar-refractivity contribution in [1.29, 1.82) is 0 Å². The van der Waals surface area contributed by atoms with Crippen LogP contribution in [0.4, 0.5) is 0 Å². The number of benzene rings is 1. The molecule has 1 aromatic heterocycles. The Labute approximate surface area is 153 Å². The van der Waals surface area contributed by atoms with Crippen LogP contribution < -0.4 is 15.4 Å². The van der Waals surface area contributed by atoms with Gasteiger partial charge in [-0.3, -0.25) is 9.59 Å². The fourth-order valence-corrected chi connectivity index (χ4v) is 2.48. The average Bonchev–Trinajstić information content (AvgIpc) is 3.02. The van der Waals surface area contributed by atoms with Crippen LogP contribution in [0.2, 0.25) is 0 Å². The van der Waals surface area contributed by atoms with Crippen LogP contribution in [0.3, 0.4) is 0 Å². The van der Waals surface area contributed by atoms with E-state index >= 15 is 0 Å². The number of hydrogen-bond acceptors (Lipinski definition) is 4. The Balaban J connectivity index is 2.22. The fraction of sp³-hybridized carbons (Fsp3) is 0.421. The number of rotatable bonds is 6. The maximum Gasteiger partial charge on any atom is 0.240 e. The third-order valence-corrected chi connectivity index (χ3v) is 3.96. The molecule has 2 rings (SSSR count). The average molecular weight is 358 g/mol. The van der Waals surface area contributed by atoms with Gasteiger partial charge in [-0.05, 0) is 6.07 Å². The molecular weight excluding hydrogens is 332 g/mol. The molecule has 0 spiro atoms. The summed E-state index contributed by atoms with van der Waals surface area (Å²) >= 11 is 0. The van der Waals surface area contributed by atoms with Crippen LogP contribution in [0.25, 0.3) is 0 Å². The summed E-state index contributed by atoms with van der Waals surface area (Å²) in [5, 5.41) is 5.60. The first kappa shape index (κ1) is 19.5. The Morgan fingerprint density at radius 1 is 1.27 bits per heavy atom. The Morgan fingerprint density at radius 3 is 2.54 bits per heavy atom. The molecule has 0 radical (unpaired) electrons. The number of carbonyl (C=O) groups excluding carboxylic acids is 2. The van der Waals surface area contributed by atoms with Gasteiger partial charge < -0.3 is 19.9 Å². The first-order valence-corrected chi connectivity index (χ1v) is 8.42. The quantitative estimate of drug-likeness (QED) is 0.824. The van der Waals surface area contributed by atoms with Gasteiger partial charge in [0.2, 0.25) is 11.8 Å². The second-order valence-electron chi connectivity index (χ2n) is 7.07. The Kier molecular flexibility index (Phi) is 6.02. The van der Waals surface area contributed by atoms with Gasteiger partial charge in [-0.2, -0.15) is 0 Å². The highest BCUT2D eigenvalue weighted by Crippen LogP contribution is 2.28. The largest absolute Gasteiger partial charge is 0.496 e. The molecular formula is C19H26N4O3. The predicted octanol–water partition coefficient (Wildman–Crippen LogP) is 1.80. The summed E-state index contributed by atoms with van der Waals surface area (Å²) in [5.74, 6) is 0.838. The van der Waals surface area contributed by atoms with Crippen LogP contribution >= 0.6 is 0 Å². The van der Waals surface area contributed by atoms with Gasteiger partial charge >= 0.3 is 0 Å². The van der Waals surface area contributed by atoms with E-state index in [-0.39, 0.29) is 18.4 Å². The number of methoxy groups -OCH3 is 1. The Hall–Kier alpha value is -2.83. The number of nitrogens with zero attached hydrogens (tertiary/aromatic N) is 2. The first-order chi connectivity index (χ1) is 12.2. The summed E-state index contributed by atoms with van der Waals surface area (Å²) in [4.78, 5) is 28.8. The van der Waals surface area contributed by atoms with Gasteiger partial charge in [0.25, 0.3) is 0 Å². The van der Waals surface area contributed by atoms with E-state index in [1.54, 1.807) is 34.1 Å². The molecule has 2 amide bonds. The molecule has 1 aromatic carbocycles. The van der Waals surface area contributed by atoms with Crippen molar-refractivity contribution >= 4 is 11.8 Å². The van der Waals surface area contributed by atoms with Gasteiger partial charge in [0.1, 0.15) is 17.6 Å². The van der Waals surface area contributed by atoms with Crippen LogP contribution in [0.1, 0.15) is 38.2 Å². The van der Waals surface area contributed by atoms with Crippen molar-refractivity contribution in [3.63, 3.8) is 0 Å². The SMILES string of the molecule is COc1ccccc1[C@@H](NC(=O)CNC(=O)C(C)(C)C)c1nccn1C. The highest BCUT2D eigenvalue weighted by molar-refractivity contribution is 5.87. The van der Waals surface area contributed by atoms with Crippen LogP contribution in [0, 0.1) is 5.41 Å². The van der Waals surface area contributed by atoms with Gasteiger partial charge in [-0.15, -0.1) is 0 Å². The van der Waals surface area contributed by atoms with Gasteiger partial charge in [-0.25, -0.2) is 4.98 Å². The minimum Gasteiger partial charge on any atom is -0.496 e. The second-order valence-corrected chi connectivity index (χ2v) is 7.07. The zero-order valence-electron chi connectivity index (χ0n) is 15.9. The third kappa shape index (κ3) is 4.62. The molecule has 0 saturated heterocycles. The van der Waals surface area contributed by atoms with Crippen molar-refractivity contribution in [2.24, 2.45) is 12.5 Å². The van der Waals surface area contributed by atoms with E-state index in [4.69, 9.17) is 4.74 Å². The summed E-state index contributed by atoms with van der Waals surface area (Å²) in [6.45, 7) is 5.29. The zero-order valence-corrected chi connectivity index (χ0v) is 15.9. The van der Waals surface area contributed by atoms with Crippen LogP contribution in [0.15, 0.2) is 36.7 Å². The lowest BCUT2D eigenvalue weighted by Gasteiger charge is -2.22. The Morgan fingerprint density at radius 2 is 1.96 bits per heavy atom. The van der Waals surface area contributed by atoms with E-state index in [1.165, 1.54) is 0 Å². The zero-order chi connectivity index (χ0) is 19.3. The van der Waals surface area contributed by atoms with Crippen molar-refractivity contribution in [1.82, 2.24) is 20.2 Å². The molecule has 2 N–H and O–H groups in total. The molecule has 26 heavy (non-hydrogen) atoms. The molecule has 7 nitrogen and oxygen atoms in total. The number of ether oxygens (including phenoxy) is 1. The monoisotopic (exact) mass is 358 g/mol. The minimum absolute atomic E-state index is 0.105. The summed E-state index contributed by atoms with van der Waals surface area (Å²) in [5.41, 5.74) is 0.238. The summed E-state index contributed by atoms with van der Waals surface area (Å²) in [6, 6.07) is 6.96. The van der Waals surface area contributed by atoms with E-state index in [1.807, 2.05) is 42.1 Å². The molecule has 0 bridgehead atoms. The van der Waals surface area contributed by atoms with Crippen LogP contribution in [0.5, 0.6) is 5.75 Å². The number of carbonyl (C=O) groups is 2. The molecule has 7 heteroatoms. The van der Waals surface area contributed by atoms with Crippen molar-refractivity contribution in [3.05, 3.63) is 48.0 Å². The van der Waals surface area contributed by atoms with Crippen molar-refractivity contribution in [2.45, 2.75) is 26.8 Å². The molecule has 1 atom stereocenters. The van der Waals surface area contributed by atoms with E-state index < -0.39 is 11.5 Å². The smallest absolute Gasteiger partial charge is 0.240 e. The van der Waals surface area contributed by atoms with Crippen LogP contribution in [-0.4, -0.2) is 35.0 Å². The number of imidazole rings is 1. The van der Waals surface area contributed by atoms with E-state index in [9.17, 15) is 9.59 Å². The topological polar surface area (TPSA) is 85.2 Å². The van der Waals surface area contributed by atoms with Gasteiger partial charge in [0.15, 0.2) is 0 Å². The molecule has 0 fully saturated rings. The maximum atomic E-state index is 12.5. The summed E-state index contributed by atoms with van der Waals surface area (Å²) in [7, 11) is 3.44. The van der Waals surface area contributed by atoms with Crippen molar-refractivity contribution < 1.29 is 14.3 Å². The summed E-state index contributed by atoms with van der Waals surface area (Å²) < 4.78 is 7.27. The van der Waals surface area contributed by atoms with E-state index in [0.29, 0.717) is 11.6 Å². The molecule has 0 aliphatic rings. The lowest BCUT2D eigenvalue weighted by molar-refractivity contribution is -0.131. The second kappa shape index (κ2) is 8.03. The fourth-order valence-electron chi connectivity index (χ4n) is 2.48. The molecule has 0 aliphatic carbocycles. The normalized spacial score (nSPS) is 12.3.